The topological polar surface area (TPSA) is 56.6 Å². The Labute approximate surface area is 47.0 Å². The second-order valence-corrected chi connectivity index (χ2v) is 1.82. The maximum absolute atomic E-state index is 10.4. The second kappa shape index (κ2) is 2.11. The molecule has 1 unspecified atom stereocenters. The molecule has 0 aliphatic carbocycles. The minimum atomic E-state index is -0.138. The SMILES string of the molecule is O=C1C[NH+]([O-])CCN1. The van der Waals surface area contributed by atoms with Gasteiger partial charge in [-0.25, -0.2) is 0 Å². The fourth-order valence-electron chi connectivity index (χ4n) is 0.671. The quantitative estimate of drug-likeness (QED) is 0.344. The molecule has 0 spiro atoms. The van der Waals surface area contributed by atoms with Crippen LogP contribution < -0.4 is 10.4 Å². The third-order valence-corrected chi connectivity index (χ3v) is 1.08. The molecule has 1 rings (SSSR count). The molecule has 1 saturated heterocycles. The Hall–Kier alpha value is -0.610. The molecule has 1 aliphatic rings. The van der Waals surface area contributed by atoms with Crippen LogP contribution >= 0.6 is 0 Å². The van der Waals surface area contributed by atoms with Crippen molar-refractivity contribution >= 4 is 5.91 Å². The van der Waals surface area contributed by atoms with Crippen LogP contribution in [0.15, 0.2) is 0 Å². The highest BCUT2D eigenvalue weighted by Gasteiger charge is 2.11. The van der Waals surface area contributed by atoms with Crippen LogP contribution in [0.3, 0.4) is 0 Å². The van der Waals surface area contributed by atoms with Crippen LogP contribution in [0.25, 0.3) is 0 Å². The molecule has 46 valence electrons. The maximum Gasteiger partial charge on any atom is 0.275 e. The molecule has 2 N–H and O–H groups in total. The molecule has 1 atom stereocenters. The third-order valence-electron chi connectivity index (χ3n) is 1.08. The first-order valence-corrected chi connectivity index (χ1v) is 2.57. The summed E-state index contributed by atoms with van der Waals surface area (Å²) in [6, 6.07) is 0. The van der Waals surface area contributed by atoms with E-state index in [1.165, 1.54) is 0 Å². The zero-order chi connectivity index (χ0) is 5.98. The van der Waals surface area contributed by atoms with Gasteiger partial charge in [0.2, 0.25) is 0 Å². The Morgan fingerprint density at radius 1 is 1.75 bits per heavy atom. The summed E-state index contributed by atoms with van der Waals surface area (Å²) in [5.41, 5.74) is 0. The molecule has 4 nitrogen and oxygen atoms in total. The van der Waals surface area contributed by atoms with Crippen LogP contribution in [-0.4, -0.2) is 25.5 Å². The summed E-state index contributed by atoms with van der Waals surface area (Å²) in [4.78, 5) is 10.3. The molecule has 0 aromatic heterocycles. The number of carbonyl (C=O) groups is 1. The predicted octanol–water partition coefficient (Wildman–Crippen LogP) is -2.50. The molecule has 0 radical (unpaired) electrons. The van der Waals surface area contributed by atoms with Crippen LogP contribution in [0.1, 0.15) is 0 Å². The molecule has 0 aromatic carbocycles. The normalized spacial score (nSPS) is 29.6. The van der Waals surface area contributed by atoms with Gasteiger partial charge in [0.25, 0.3) is 5.91 Å². The summed E-state index contributed by atoms with van der Waals surface area (Å²) in [7, 11) is 0. The molecule has 1 fully saturated rings. The minimum absolute atomic E-state index is 0.0498. The molecule has 1 heterocycles. The van der Waals surface area contributed by atoms with E-state index in [-0.39, 0.29) is 17.5 Å². The monoisotopic (exact) mass is 116 g/mol. The lowest BCUT2D eigenvalue weighted by molar-refractivity contribution is -0.840. The van der Waals surface area contributed by atoms with Crippen molar-refractivity contribution in [1.29, 1.82) is 0 Å². The smallest absolute Gasteiger partial charge is 0.275 e. The van der Waals surface area contributed by atoms with E-state index in [0.717, 1.165) is 0 Å². The predicted molar refractivity (Wildman–Crippen MR) is 27.1 cm³/mol. The van der Waals surface area contributed by atoms with Crippen molar-refractivity contribution in [3.05, 3.63) is 5.21 Å². The zero-order valence-electron chi connectivity index (χ0n) is 4.44. The summed E-state index contributed by atoms with van der Waals surface area (Å²) < 4.78 is 0. The first kappa shape index (κ1) is 5.53. The lowest BCUT2D eigenvalue weighted by Gasteiger charge is -2.25. The minimum Gasteiger partial charge on any atom is -0.634 e. The Kier molecular flexibility index (Phi) is 1.45. The van der Waals surface area contributed by atoms with E-state index in [2.05, 4.69) is 5.32 Å². The van der Waals surface area contributed by atoms with Crippen LogP contribution in [-0.2, 0) is 4.79 Å². The van der Waals surface area contributed by atoms with Crippen molar-refractivity contribution in [3.63, 3.8) is 0 Å². The molecule has 1 aliphatic heterocycles. The van der Waals surface area contributed by atoms with Gasteiger partial charge in [-0.3, -0.25) is 4.79 Å². The Morgan fingerprint density at radius 3 is 2.88 bits per heavy atom. The van der Waals surface area contributed by atoms with E-state index in [0.29, 0.717) is 13.1 Å². The fraction of sp³-hybridized carbons (Fsp3) is 0.750. The van der Waals surface area contributed by atoms with Crippen molar-refractivity contribution in [2.75, 3.05) is 19.6 Å². The van der Waals surface area contributed by atoms with Gasteiger partial charge < -0.3 is 15.6 Å². The Balaban J connectivity index is 2.34. The molecule has 8 heavy (non-hydrogen) atoms. The second-order valence-electron chi connectivity index (χ2n) is 1.82. The molecule has 1 amide bonds. The molecule has 0 saturated carbocycles. The van der Waals surface area contributed by atoms with Crippen molar-refractivity contribution in [2.45, 2.75) is 0 Å². The number of amides is 1. The number of nitrogens with one attached hydrogen (secondary N) is 2. The number of carbonyl (C=O) groups excluding carboxylic acids is 1. The highest BCUT2D eigenvalue weighted by atomic mass is 16.5. The highest BCUT2D eigenvalue weighted by molar-refractivity contribution is 5.77. The fourth-order valence-corrected chi connectivity index (χ4v) is 0.671. The van der Waals surface area contributed by atoms with Crippen molar-refractivity contribution < 1.29 is 9.86 Å². The number of rotatable bonds is 0. The third kappa shape index (κ3) is 1.18. The summed E-state index contributed by atoms with van der Waals surface area (Å²) >= 11 is 0. The lowest BCUT2D eigenvalue weighted by Crippen LogP contribution is -3.11. The Bertz CT molecular complexity index is 104. The average molecular weight is 116 g/mol. The summed E-state index contributed by atoms with van der Waals surface area (Å²) in [5, 5.41) is 13.0. The van der Waals surface area contributed by atoms with Gasteiger partial charge in [0.1, 0.15) is 0 Å². The van der Waals surface area contributed by atoms with Crippen LogP contribution in [0.4, 0.5) is 0 Å². The number of hydroxylamine groups is 2. The number of quaternary nitrogens is 1. The van der Waals surface area contributed by atoms with Crippen LogP contribution in [0.2, 0.25) is 0 Å². The first-order valence-electron chi connectivity index (χ1n) is 2.57. The van der Waals surface area contributed by atoms with E-state index in [1.807, 2.05) is 0 Å². The summed E-state index contributed by atoms with van der Waals surface area (Å²) in [5.74, 6) is -0.138. The van der Waals surface area contributed by atoms with Gasteiger partial charge >= 0.3 is 0 Å². The van der Waals surface area contributed by atoms with Crippen molar-refractivity contribution in [3.8, 4) is 0 Å². The summed E-state index contributed by atoms with van der Waals surface area (Å²) in [6.07, 6.45) is 0. The van der Waals surface area contributed by atoms with E-state index in [1.54, 1.807) is 0 Å². The standard InChI is InChI=1S/C4H8N2O2/c7-4-3-6(8)2-1-5-4/h6H,1-3H2,(H,5,7). The van der Waals surface area contributed by atoms with E-state index in [4.69, 9.17) is 0 Å². The van der Waals surface area contributed by atoms with Gasteiger partial charge in [-0.15, -0.1) is 0 Å². The molecular formula is C4H8N2O2. The number of hydrogen-bond donors (Lipinski definition) is 2. The van der Waals surface area contributed by atoms with E-state index >= 15 is 0 Å². The van der Waals surface area contributed by atoms with Crippen molar-refractivity contribution in [1.82, 2.24) is 5.32 Å². The van der Waals surface area contributed by atoms with Gasteiger partial charge in [0, 0.05) is 0 Å². The van der Waals surface area contributed by atoms with Gasteiger partial charge in [-0.2, -0.15) is 0 Å². The van der Waals surface area contributed by atoms with Gasteiger partial charge in [0.15, 0.2) is 6.54 Å². The lowest BCUT2D eigenvalue weighted by atomic mass is 10.4. The van der Waals surface area contributed by atoms with E-state index < -0.39 is 0 Å². The molecule has 0 aromatic rings. The van der Waals surface area contributed by atoms with Crippen LogP contribution in [0.5, 0.6) is 0 Å². The molecule has 4 heteroatoms. The molecule has 0 bridgehead atoms. The zero-order valence-corrected chi connectivity index (χ0v) is 4.44. The number of hydrogen-bond acceptors (Lipinski definition) is 2. The van der Waals surface area contributed by atoms with Crippen LogP contribution in [0, 0.1) is 5.21 Å². The van der Waals surface area contributed by atoms with Gasteiger partial charge in [-0.05, 0) is 0 Å². The molecular weight excluding hydrogens is 108 g/mol. The Morgan fingerprint density at radius 2 is 2.50 bits per heavy atom. The average Bonchev–Trinajstić information content (AvgIpc) is 1.64. The summed E-state index contributed by atoms with van der Waals surface area (Å²) in [6.45, 7) is 1.11. The van der Waals surface area contributed by atoms with Gasteiger partial charge in [0.05, 0.1) is 13.1 Å². The largest absolute Gasteiger partial charge is 0.634 e. The maximum atomic E-state index is 10.4. The van der Waals surface area contributed by atoms with E-state index in [9.17, 15) is 10.0 Å². The van der Waals surface area contributed by atoms with Gasteiger partial charge in [-0.1, -0.05) is 0 Å². The van der Waals surface area contributed by atoms with Crippen molar-refractivity contribution in [2.24, 2.45) is 0 Å². The highest BCUT2D eigenvalue weighted by Crippen LogP contribution is 1.63. The number of piperazine rings is 1. The first-order chi connectivity index (χ1) is 3.79.